The number of benzene rings is 2. The summed E-state index contributed by atoms with van der Waals surface area (Å²) in [7, 11) is 0. The van der Waals surface area contributed by atoms with Crippen LogP contribution in [0.3, 0.4) is 0 Å². The Labute approximate surface area is 150 Å². The summed E-state index contributed by atoms with van der Waals surface area (Å²) in [6.45, 7) is 2.44. The minimum absolute atomic E-state index is 0.203. The number of aryl methyl sites for hydroxylation is 1. The standard InChI is InChI=1S/C20H17N5O/c1-15-9-11-17(12-10-15)25-19-18(22-23-25)20(26)24(14-21-19)13-5-8-16-6-3-2-4-7-16/h2-12,14H,13H2,1H3/b8-5+. The van der Waals surface area contributed by atoms with E-state index in [2.05, 4.69) is 15.3 Å². The van der Waals surface area contributed by atoms with E-state index in [1.807, 2.05) is 73.7 Å². The first-order valence-electron chi connectivity index (χ1n) is 8.32. The molecule has 0 radical (unpaired) electrons. The van der Waals surface area contributed by atoms with Crippen molar-refractivity contribution < 1.29 is 0 Å². The first-order chi connectivity index (χ1) is 12.7. The molecule has 2 aromatic heterocycles. The zero-order valence-electron chi connectivity index (χ0n) is 14.3. The van der Waals surface area contributed by atoms with Crippen LogP contribution in [0.2, 0.25) is 0 Å². The molecule has 0 unspecified atom stereocenters. The Morgan fingerprint density at radius 2 is 1.81 bits per heavy atom. The second kappa shape index (κ2) is 6.76. The summed E-state index contributed by atoms with van der Waals surface area (Å²) in [4.78, 5) is 17.0. The van der Waals surface area contributed by atoms with Gasteiger partial charge in [-0.25, -0.2) is 4.98 Å². The maximum atomic E-state index is 12.6. The molecule has 128 valence electrons. The Morgan fingerprint density at radius 3 is 2.58 bits per heavy atom. The molecule has 4 rings (SSSR count). The van der Waals surface area contributed by atoms with Crippen LogP contribution in [0.1, 0.15) is 11.1 Å². The summed E-state index contributed by atoms with van der Waals surface area (Å²) in [6.07, 6.45) is 5.43. The molecule has 0 N–H and O–H groups in total. The first-order valence-corrected chi connectivity index (χ1v) is 8.32. The molecule has 0 amide bonds. The number of fused-ring (bicyclic) bond motifs is 1. The van der Waals surface area contributed by atoms with Crippen molar-refractivity contribution in [1.82, 2.24) is 24.5 Å². The van der Waals surface area contributed by atoms with Gasteiger partial charge in [-0.3, -0.25) is 9.36 Å². The molecule has 2 aromatic carbocycles. The fourth-order valence-corrected chi connectivity index (χ4v) is 2.70. The summed E-state index contributed by atoms with van der Waals surface area (Å²) in [6, 6.07) is 17.8. The van der Waals surface area contributed by atoms with Gasteiger partial charge in [0.1, 0.15) is 6.33 Å². The average molecular weight is 343 g/mol. The summed E-state index contributed by atoms with van der Waals surface area (Å²) < 4.78 is 3.11. The largest absolute Gasteiger partial charge is 0.293 e. The van der Waals surface area contributed by atoms with Gasteiger partial charge < -0.3 is 0 Å². The maximum Gasteiger partial charge on any atom is 0.283 e. The Balaban J connectivity index is 1.65. The molecule has 0 aliphatic heterocycles. The van der Waals surface area contributed by atoms with Crippen molar-refractivity contribution in [2.45, 2.75) is 13.5 Å². The topological polar surface area (TPSA) is 65.6 Å². The van der Waals surface area contributed by atoms with Crippen molar-refractivity contribution in [2.75, 3.05) is 0 Å². The molecule has 0 fully saturated rings. The molecule has 0 aliphatic carbocycles. The van der Waals surface area contributed by atoms with Crippen LogP contribution in [0.5, 0.6) is 0 Å². The minimum Gasteiger partial charge on any atom is -0.293 e. The van der Waals surface area contributed by atoms with Crippen LogP contribution in [-0.4, -0.2) is 24.5 Å². The summed E-state index contributed by atoms with van der Waals surface area (Å²) in [5.74, 6) is 0. The first kappa shape index (κ1) is 16.0. The number of rotatable bonds is 4. The highest BCUT2D eigenvalue weighted by Crippen LogP contribution is 2.12. The van der Waals surface area contributed by atoms with E-state index in [0.29, 0.717) is 12.2 Å². The highest BCUT2D eigenvalue weighted by atomic mass is 16.1. The number of hydrogen-bond acceptors (Lipinski definition) is 4. The van der Waals surface area contributed by atoms with Gasteiger partial charge in [0.25, 0.3) is 5.56 Å². The van der Waals surface area contributed by atoms with E-state index in [9.17, 15) is 4.79 Å². The van der Waals surface area contributed by atoms with Gasteiger partial charge in [-0.1, -0.05) is 65.4 Å². The third-order valence-corrected chi connectivity index (χ3v) is 4.12. The number of aromatic nitrogens is 5. The lowest BCUT2D eigenvalue weighted by atomic mass is 10.2. The molecule has 4 aromatic rings. The molecule has 26 heavy (non-hydrogen) atoms. The van der Waals surface area contributed by atoms with E-state index in [4.69, 9.17) is 0 Å². The van der Waals surface area contributed by atoms with Crippen molar-refractivity contribution in [3.05, 3.63) is 88.5 Å². The third-order valence-electron chi connectivity index (χ3n) is 4.12. The second-order valence-electron chi connectivity index (χ2n) is 6.02. The van der Waals surface area contributed by atoms with E-state index >= 15 is 0 Å². The van der Waals surface area contributed by atoms with Crippen molar-refractivity contribution in [1.29, 1.82) is 0 Å². The van der Waals surface area contributed by atoms with Crippen LogP contribution >= 0.6 is 0 Å². The monoisotopic (exact) mass is 343 g/mol. The molecule has 0 bridgehead atoms. The molecule has 6 nitrogen and oxygen atoms in total. The van der Waals surface area contributed by atoms with Gasteiger partial charge in [0, 0.05) is 6.54 Å². The molecule has 0 saturated heterocycles. The lowest BCUT2D eigenvalue weighted by Gasteiger charge is -2.03. The lowest BCUT2D eigenvalue weighted by Crippen LogP contribution is -2.20. The fourth-order valence-electron chi connectivity index (χ4n) is 2.70. The summed E-state index contributed by atoms with van der Waals surface area (Å²) in [5.41, 5.74) is 3.58. The smallest absolute Gasteiger partial charge is 0.283 e. The van der Waals surface area contributed by atoms with Gasteiger partial charge in [0.15, 0.2) is 11.2 Å². The van der Waals surface area contributed by atoms with E-state index < -0.39 is 0 Å². The predicted molar refractivity (Wildman–Crippen MR) is 101 cm³/mol. The Bertz CT molecular complexity index is 1120. The Kier molecular flexibility index (Phi) is 4.15. The molecule has 0 aliphatic rings. The maximum absolute atomic E-state index is 12.6. The van der Waals surface area contributed by atoms with Gasteiger partial charge in [0.05, 0.1) is 5.69 Å². The fraction of sp³-hybridized carbons (Fsp3) is 0.100. The van der Waals surface area contributed by atoms with Crippen molar-refractivity contribution in [3.8, 4) is 5.69 Å². The highest BCUT2D eigenvalue weighted by Gasteiger charge is 2.12. The van der Waals surface area contributed by atoms with Crippen LogP contribution in [0.4, 0.5) is 0 Å². The molecule has 0 saturated carbocycles. The average Bonchev–Trinajstić information content (AvgIpc) is 3.10. The Morgan fingerprint density at radius 1 is 1.04 bits per heavy atom. The van der Waals surface area contributed by atoms with Crippen molar-refractivity contribution in [2.24, 2.45) is 0 Å². The van der Waals surface area contributed by atoms with E-state index in [0.717, 1.165) is 16.8 Å². The third kappa shape index (κ3) is 3.04. The number of hydrogen-bond donors (Lipinski definition) is 0. The summed E-state index contributed by atoms with van der Waals surface area (Å²) in [5, 5.41) is 8.13. The van der Waals surface area contributed by atoms with E-state index in [1.54, 1.807) is 4.68 Å². The van der Waals surface area contributed by atoms with Crippen molar-refractivity contribution >= 4 is 17.2 Å². The van der Waals surface area contributed by atoms with E-state index in [-0.39, 0.29) is 11.1 Å². The van der Waals surface area contributed by atoms with Crippen LogP contribution < -0.4 is 5.56 Å². The van der Waals surface area contributed by atoms with Gasteiger partial charge in [-0.2, -0.15) is 4.68 Å². The Hall–Kier alpha value is -3.54. The molecule has 6 heteroatoms. The van der Waals surface area contributed by atoms with Crippen molar-refractivity contribution in [3.63, 3.8) is 0 Å². The highest BCUT2D eigenvalue weighted by molar-refractivity contribution is 5.70. The normalized spacial score (nSPS) is 11.4. The van der Waals surface area contributed by atoms with E-state index in [1.165, 1.54) is 10.9 Å². The van der Waals surface area contributed by atoms with Gasteiger partial charge in [0.2, 0.25) is 0 Å². The zero-order valence-corrected chi connectivity index (χ0v) is 14.3. The molecule has 2 heterocycles. The quantitative estimate of drug-likeness (QED) is 0.571. The zero-order chi connectivity index (χ0) is 17.9. The van der Waals surface area contributed by atoms with Crippen LogP contribution in [0.15, 0.2) is 71.8 Å². The van der Waals surface area contributed by atoms with Gasteiger partial charge in [-0.05, 0) is 24.6 Å². The van der Waals surface area contributed by atoms with Gasteiger partial charge in [-0.15, -0.1) is 5.10 Å². The van der Waals surface area contributed by atoms with Crippen LogP contribution in [0, 0.1) is 6.92 Å². The minimum atomic E-state index is -0.203. The predicted octanol–water partition coefficient (Wildman–Crippen LogP) is 3.00. The van der Waals surface area contributed by atoms with Gasteiger partial charge >= 0.3 is 0 Å². The number of allylic oxidation sites excluding steroid dienone is 1. The molecule has 0 spiro atoms. The molecular weight excluding hydrogens is 326 g/mol. The lowest BCUT2D eigenvalue weighted by molar-refractivity contribution is 0.765. The number of nitrogens with zero attached hydrogens (tertiary/aromatic N) is 5. The molecule has 0 atom stereocenters. The SMILES string of the molecule is Cc1ccc(-n2nnc3c(=O)n(C/C=C/c4ccccc4)cnc32)cc1. The second-order valence-corrected chi connectivity index (χ2v) is 6.02. The van der Waals surface area contributed by atoms with Crippen LogP contribution in [0.25, 0.3) is 22.9 Å². The van der Waals surface area contributed by atoms with Crippen LogP contribution in [-0.2, 0) is 6.54 Å². The molecular formula is C20H17N5O. The summed E-state index contributed by atoms with van der Waals surface area (Å²) >= 11 is 0.